The first-order chi connectivity index (χ1) is 10.0. The molecular formula is C15H32IN5O. The van der Waals surface area contributed by atoms with Gasteiger partial charge in [0.1, 0.15) is 0 Å². The Kier molecular flexibility index (Phi) is 11.6. The number of hydrogen-bond donors (Lipinski definition) is 2. The van der Waals surface area contributed by atoms with Gasteiger partial charge in [0.25, 0.3) is 0 Å². The van der Waals surface area contributed by atoms with E-state index in [1.807, 2.05) is 4.90 Å². The number of carbonyl (C=O) groups is 1. The first-order valence-electron chi connectivity index (χ1n) is 7.95. The molecule has 1 amide bonds. The standard InChI is InChI=1S/C15H31N5O.HI/c1-13(2)5-6-17-15(16-4)18-7-8-19-9-11-20(12-10-19)14(3)21;/h13H,5-12H2,1-4H3,(H2,16,17,18);1H. The van der Waals surface area contributed by atoms with Gasteiger partial charge in [-0.25, -0.2) is 0 Å². The Morgan fingerprint density at radius 2 is 1.73 bits per heavy atom. The number of nitrogens with one attached hydrogen (secondary N) is 2. The summed E-state index contributed by atoms with van der Waals surface area (Å²) in [6.07, 6.45) is 1.15. The Balaban J connectivity index is 0.00000441. The van der Waals surface area contributed by atoms with Crippen LogP contribution in [0.25, 0.3) is 0 Å². The number of nitrogens with zero attached hydrogens (tertiary/aromatic N) is 3. The molecule has 1 saturated heterocycles. The van der Waals surface area contributed by atoms with Crippen molar-refractivity contribution >= 4 is 35.8 Å². The average Bonchev–Trinajstić information content (AvgIpc) is 2.45. The Bertz CT molecular complexity index is 341. The van der Waals surface area contributed by atoms with E-state index in [-0.39, 0.29) is 29.9 Å². The van der Waals surface area contributed by atoms with Crippen LogP contribution in [0.3, 0.4) is 0 Å². The van der Waals surface area contributed by atoms with Crippen molar-refractivity contribution in [3.8, 4) is 0 Å². The van der Waals surface area contributed by atoms with E-state index in [0.29, 0.717) is 5.92 Å². The topological polar surface area (TPSA) is 60.0 Å². The molecule has 0 unspecified atom stereocenters. The summed E-state index contributed by atoms with van der Waals surface area (Å²) < 4.78 is 0. The molecule has 1 aliphatic heterocycles. The molecule has 0 saturated carbocycles. The lowest BCUT2D eigenvalue weighted by Gasteiger charge is -2.34. The third-order valence-corrected chi connectivity index (χ3v) is 3.78. The molecule has 0 aromatic rings. The van der Waals surface area contributed by atoms with Gasteiger partial charge in [0.05, 0.1) is 0 Å². The Labute approximate surface area is 152 Å². The molecule has 1 rings (SSSR count). The fourth-order valence-corrected chi connectivity index (χ4v) is 2.32. The predicted octanol–water partition coefficient (Wildman–Crippen LogP) is 0.980. The fourth-order valence-electron chi connectivity index (χ4n) is 2.32. The largest absolute Gasteiger partial charge is 0.356 e. The zero-order chi connectivity index (χ0) is 15.7. The molecule has 0 bridgehead atoms. The van der Waals surface area contributed by atoms with Crippen LogP contribution in [0.2, 0.25) is 0 Å². The highest BCUT2D eigenvalue weighted by atomic mass is 127. The quantitative estimate of drug-likeness (QED) is 0.379. The summed E-state index contributed by atoms with van der Waals surface area (Å²) in [5.41, 5.74) is 0. The summed E-state index contributed by atoms with van der Waals surface area (Å²) in [6.45, 7) is 12.5. The third kappa shape index (κ3) is 8.77. The highest BCUT2D eigenvalue weighted by Gasteiger charge is 2.17. The van der Waals surface area contributed by atoms with Gasteiger partial charge in [-0.3, -0.25) is 14.7 Å². The van der Waals surface area contributed by atoms with Crippen LogP contribution in [-0.4, -0.2) is 74.5 Å². The van der Waals surface area contributed by atoms with Crippen molar-refractivity contribution in [1.82, 2.24) is 20.4 Å². The van der Waals surface area contributed by atoms with Crippen LogP contribution in [-0.2, 0) is 4.79 Å². The molecule has 7 heteroatoms. The van der Waals surface area contributed by atoms with Crippen molar-refractivity contribution < 1.29 is 4.79 Å². The number of piperazine rings is 1. The Hall–Kier alpha value is -0.570. The zero-order valence-corrected chi connectivity index (χ0v) is 16.7. The maximum absolute atomic E-state index is 11.3. The van der Waals surface area contributed by atoms with Gasteiger partial charge in [-0.1, -0.05) is 13.8 Å². The van der Waals surface area contributed by atoms with Crippen LogP contribution in [0.5, 0.6) is 0 Å². The van der Waals surface area contributed by atoms with E-state index in [9.17, 15) is 4.79 Å². The first-order valence-corrected chi connectivity index (χ1v) is 7.95. The molecule has 22 heavy (non-hydrogen) atoms. The lowest BCUT2D eigenvalue weighted by molar-refractivity contribution is -0.130. The minimum Gasteiger partial charge on any atom is -0.356 e. The van der Waals surface area contributed by atoms with Crippen LogP contribution in [0.1, 0.15) is 27.2 Å². The maximum Gasteiger partial charge on any atom is 0.219 e. The van der Waals surface area contributed by atoms with Gasteiger partial charge in [-0.05, 0) is 12.3 Å². The molecule has 1 fully saturated rings. The van der Waals surface area contributed by atoms with Gasteiger partial charge in [-0.15, -0.1) is 24.0 Å². The van der Waals surface area contributed by atoms with Crippen molar-refractivity contribution in [3.63, 3.8) is 0 Å². The van der Waals surface area contributed by atoms with Crippen LogP contribution >= 0.6 is 24.0 Å². The smallest absolute Gasteiger partial charge is 0.219 e. The molecule has 0 aromatic heterocycles. The second-order valence-corrected chi connectivity index (χ2v) is 5.96. The summed E-state index contributed by atoms with van der Waals surface area (Å²) in [5, 5.41) is 6.67. The number of aliphatic imine (C=N–C) groups is 1. The normalized spacial score (nSPS) is 16.4. The highest BCUT2D eigenvalue weighted by molar-refractivity contribution is 14.0. The van der Waals surface area contributed by atoms with Crippen LogP contribution < -0.4 is 10.6 Å². The molecule has 0 aromatic carbocycles. The molecule has 6 nitrogen and oxygen atoms in total. The monoisotopic (exact) mass is 425 g/mol. The SMILES string of the molecule is CN=C(NCCC(C)C)NCCN1CCN(C(C)=O)CC1.I. The van der Waals surface area contributed by atoms with Crippen molar-refractivity contribution in [2.75, 3.05) is 52.9 Å². The number of guanidine groups is 1. The lowest BCUT2D eigenvalue weighted by atomic mass is 10.1. The van der Waals surface area contributed by atoms with E-state index in [4.69, 9.17) is 0 Å². The molecule has 1 aliphatic rings. The van der Waals surface area contributed by atoms with Crippen molar-refractivity contribution in [2.24, 2.45) is 10.9 Å². The molecule has 2 N–H and O–H groups in total. The van der Waals surface area contributed by atoms with E-state index >= 15 is 0 Å². The van der Waals surface area contributed by atoms with E-state index in [0.717, 1.165) is 58.2 Å². The summed E-state index contributed by atoms with van der Waals surface area (Å²) in [5.74, 6) is 1.76. The number of amides is 1. The molecule has 0 spiro atoms. The van der Waals surface area contributed by atoms with Gasteiger partial charge in [-0.2, -0.15) is 0 Å². The number of halogens is 1. The van der Waals surface area contributed by atoms with Gasteiger partial charge < -0.3 is 15.5 Å². The molecule has 1 heterocycles. The molecule has 0 aliphatic carbocycles. The molecular weight excluding hydrogens is 393 g/mol. The first kappa shape index (κ1) is 21.4. The van der Waals surface area contributed by atoms with E-state index in [2.05, 4.69) is 34.4 Å². The van der Waals surface area contributed by atoms with Crippen LogP contribution in [0.4, 0.5) is 0 Å². The number of rotatable bonds is 6. The van der Waals surface area contributed by atoms with Gasteiger partial charge in [0.15, 0.2) is 5.96 Å². The van der Waals surface area contributed by atoms with Crippen LogP contribution in [0.15, 0.2) is 4.99 Å². The highest BCUT2D eigenvalue weighted by Crippen LogP contribution is 2.01. The van der Waals surface area contributed by atoms with E-state index < -0.39 is 0 Å². The summed E-state index contributed by atoms with van der Waals surface area (Å²) in [7, 11) is 1.80. The minimum absolute atomic E-state index is 0. The van der Waals surface area contributed by atoms with Crippen molar-refractivity contribution in [3.05, 3.63) is 0 Å². The average molecular weight is 425 g/mol. The van der Waals surface area contributed by atoms with E-state index in [1.165, 1.54) is 0 Å². The van der Waals surface area contributed by atoms with Crippen molar-refractivity contribution in [2.45, 2.75) is 27.2 Å². The van der Waals surface area contributed by atoms with Crippen molar-refractivity contribution in [1.29, 1.82) is 0 Å². The van der Waals surface area contributed by atoms with Crippen LogP contribution in [0, 0.1) is 5.92 Å². The third-order valence-electron chi connectivity index (χ3n) is 3.78. The second-order valence-electron chi connectivity index (χ2n) is 5.96. The van der Waals surface area contributed by atoms with E-state index in [1.54, 1.807) is 14.0 Å². The van der Waals surface area contributed by atoms with Gasteiger partial charge in [0, 0.05) is 59.8 Å². The predicted molar refractivity (Wildman–Crippen MR) is 103 cm³/mol. The molecule has 130 valence electrons. The molecule has 0 radical (unpaired) electrons. The molecule has 0 atom stereocenters. The second kappa shape index (κ2) is 11.9. The Morgan fingerprint density at radius 1 is 1.14 bits per heavy atom. The summed E-state index contributed by atoms with van der Waals surface area (Å²) >= 11 is 0. The number of carbonyl (C=O) groups excluding carboxylic acids is 1. The summed E-state index contributed by atoms with van der Waals surface area (Å²) in [4.78, 5) is 19.8. The lowest BCUT2D eigenvalue weighted by Crippen LogP contribution is -2.50. The zero-order valence-electron chi connectivity index (χ0n) is 14.4. The van der Waals surface area contributed by atoms with Gasteiger partial charge >= 0.3 is 0 Å². The number of hydrogen-bond acceptors (Lipinski definition) is 3. The summed E-state index contributed by atoms with van der Waals surface area (Å²) in [6, 6.07) is 0. The maximum atomic E-state index is 11.3. The Morgan fingerprint density at radius 3 is 2.23 bits per heavy atom. The minimum atomic E-state index is 0. The van der Waals surface area contributed by atoms with Gasteiger partial charge in [0.2, 0.25) is 5.91 Å². The fraction of sp³-hybridized carbons (Fsp3) is 0.867.